The minimum Gasteiger partial charge on any atom is -0.508 e. The first-order chi connectivity index (χ1) is 11.5. The van der Waals surface area contributed by atoms with Crippen molar-refractivity contribution in [1.82, 2.24) is 4.90 Å². The average molecular weight is 358 g/mol. The first-order valence-electron chi connectivity index (χ1n) is 7.74. The lowest BCUT2D eigenvalue weighted by Crippen LogP contribution is -2.34. The van der Waals surface area contributed by atoms with Gasteiger partial charge in [-0.3, -0.25) is 9.69 Å². The van der Waals surface area contributed by atoms with Crippen LogP contribution in [0.3, 0.4) is 0 Å². The zero-order valence-corrected chi connectivity index (χ0v) is 14.7. The second-order valence-corrected chi connectivity index (χ2v) is 6.03. The fourth-order valence-electron chi connectivity index (χ4n) is 2.84. The highest BCUT2D eigenvalue weighted by atomic mass is 35.5. The van der Waals surface area contributed by atoms with Gasteiger partial charge in [0.15, 0.2) is 5.78 Å². The molecule has 3 rings (SSSR count). The van der Waals surface area contributed by atoms with Crippen molar-refractivity contribution in [3.8, 4) is 11.5 Å². The Morgan fingerprint density at radius 1 is 0.880 bits per heavy atom. The molecule has 1 aliphatic heterocycles. The molecule has 0 saturated carbocycles. The lowest BCUT2D eigenvalue weighted by molar-refractivity contribution is -0.113. The molecule has 1 aliphatic rings. The third-order valence-corrected chi connectivity index (χ3v) is 3.89. The van der Waals surface area contributed by atoms with E-state index in [1.54, 1.807) is 36.4 Å². The summed E-state index contributed by atoms with van der Waals surface area (Å²) in [5.41, 5.74) is 2.96. The van der Waals surface area contributed by atoms with Crippen molar-refractivity contribution in [2.45, 2.75) is 0 Å². The van der Waals surface area contributed by atoms with Crippen molar-refractivity contribution in [1.29, 1.82) is 0 Å². The number of nitrogens with zero attached hydrogens (tertiary/aromatic N) is 1. The molecular weight excluding hydrogens is 338 g/mol. The Hall–Kier alpha value is -2.56. The van der Waals surface area contributed by atoms with Gasteiger partial charge >= 0.3 is 0 Å². The van der Waals surface area contributed by atoms with Gasteiger partial charge in [0.25, 0.3) is 0 Å². The van der Waals surface area contributed by atoms with Gasteiger partial charge in [-0.05, 0) is 54.6 Å². The van der Waals surface area contributed by atoms with E-state index in [9.17, 15) is 15.0 Å². The number of hydrogen-bond acceptors (Lipinski definition) is 4. The van der Waals surface area contributed by atoms with Crippen LogP contribution in [0.4, 0.5) is 0 Å². The lowest BCUT2D eigenvalue weighted by Gasteiger charge is -2.26. The highest BCUT2D eigenvalue weighted by Crippen LogP contribution is 2.23. The lowest BCUT2D eigenvalue weighted by atomic mass is 9.94. The molecule has 0 bridgehead atoms. The second-order valence-electron chi connectivity index (χ2n) is 6.03. The SMILES string of the molecule is CN1C/C(=C/c2cccc(O)c2)C(=O)/C(=C/c2cccc(O)c2)C1.Cl. The van der Waals surface area contributed by atoms with Crippen LogP contribution in [0.5, 0.6) is 11.5 Å². The summed E-state index contributed by atoms with van der Waals surface area (Å²) in [5, 5.41) is 19.1. The number of halogens is 1. The van der Waals surface area contributed by atoms with Crippen LogP contribution in [-0.2, 0) is 4.79 Å². The fraction of sp³-hybridized carbons (Fsp3) is 0.150. The van der Waals surface area contributed by atoms with Gasteiger partial charge in [-0.1, -0.05) is 24.3 Å². The summed E-state index contributed by atoms with van der Waals surface area (Å²) >= 11 is 0. The number of carbonyl (C=O) groups is 1. The third kappa shape index (κ3) is 4.72. The number of hydrogen-bond donors (Lipinski definition) is 2. The summed E-state index contributed by atoms with van der Waals surface area (Å²) in [6, 6.07) is 13.7. The maximum atomic E-state index is 12.8. The van der Waals surface area contributed by atoms with Gasteiger partial charge < -0.3 is 10.2 Å². The molecule has 0 atom stereocenters. The van der Waals surface area contributed by atoms with Crippen LogP contribution in [0.25, 0.3) is 12.2 Å². The predicted molar refractivity (Wildman–Crippen MR) is 102 cm³/mol. The van der Waals surface area contributed by atoms with Crippen LogP contribution >= 0.6 is 12.4 Å². The van der Waals surface area contributed by atoms with E-state index in [0.29, 0.717) is 24.2 Å². The smallest absolute Gasteiger partial charge is 0.187 e. The highest BCUT2D eigenvalue weighted by molar-refractivity contribution is 6.14. The molecule has 1 fully saturated rings. The van der Waals surface area contributed by atoms with Gasteiger partial charge in [0, 0.05) is 24.2 Å². The molecule has 1 heterocycles. The van der Waals surface area contributed by atoms with E-state index in [-0.39, 0.29) is 29.7 Å². The molecule has 1 saturated heterocycles. The number of likely N-dealkylation sites (N-methyl/N-ethyl adjacent to an activating group) is 1. The number of likely N-dealkylation sites (tertiary alicyclic amines) is 1. The summed E-state index contributed by atoms with van der Waals surface area (Å²) in [6.07, 6.45) is 3.63. The van der Waals surface area contributed by atoms with Gasteiger partial charge in [-0.25, -0.2) is 0 Å². The number of ketones is 1. The molecule has 130 valence electrons. The molecule has 25 heavy (non-hydrogen) atoms. The molecule has 0 aliphatic carbocycles. The number of carbonyl (C=O) groups excluding carboxylic acids is 1. The molecular formula is C20H20ClNO3. The highest BCUT2D eigenvalue weighted by Gasteiger charge is 2.23. The quantitative estimate of drug-likeness (QED) is 0.807. The number of piperidine rings is 1. The Labute approximate surface area is 153 Å². The topological polar surface area (TPSA) is 60.8 Å². The van der Waals surface area contributed by atoms with E-state index in [1.165, 1.54) is 0 Å². The summed E-state index contributed by atoms with van der Waals surface area (Å²) in [6.45, 7) is 1.12. The maximum Gasteiger partial charge on any atom is 0.187 e. The molecule has 0 spiro atoms. The Balaban J connectivity index is 0.00000225. The summed E-state index contributed by atoms with van der Waals surface area (Å²) in [4.78, 5) is 14.8. The van der Waals surface area contributed by atoms with E-state index < -0.39 is 0 Å². The average Bonchev–Trinajstić information content (AvgIpc) is 2.52. The second kappa shape index (κ2) is 8.01. The summed E-state index contributed by atoms with van der Waals surface area (Å²) in [5.74, 6) is 0.354. The van der Waals surface area contributed by atoms with Crippen LogP contribution in [0, 0.1) is 0 Å². The summed E-state index contributed by atoms with van der Waals surface area (Å²) in [7, 11) is 1.96. The number of phenols is 2. The van der Waals surface area contributed by atoms with E-state index in [2.05, 4.69) is 4.90 Å². The van der Waals surface area contributed by atoms with Gasteiger partial charge in [0.05, 0.1) is 0 Å². The van der Waals surface area contributed by atoms with E-state index >= 15 is 0 Å². The minimum atomic E-state index is -0.000198. The number of Topliss-reactive ketones (excluding diaryl/α,β-unsaturated/α-hetero) is 1. The van der Waals surface area contributed by atoms with E-state index in [4.69, 9.17) is 0 Å². The van der Waals surface area contributed by atoms with Crippen molar-refractivity contribution in [2.75, 3.05) is 20.1 Å². The standard InChI is InChI=1S/C20H19NO3.ClH/c1-21-12-16(8-14-4-2-6-18(22)10-14)20(24)17(13-21)9-15-5-3-7-19(23)11-15;/h2-11,22-23H,12-13H2,1H3;1H/b16-8-,17-9+;. The largest absolute Gasteiger partial charge is 0.508 e. The van der Waals surface area contributed by atoms with Crippen LogP contribution in [-0.4, -0.2) is 41.0 Å². The predicted octanol–water partition coefficient (Wildman–Crippen LogP) is 3.50. The van der Waals surface area contributed by atoms with Gasteiger partial charge in [0.2, 0.25) is 0 Å². The molecule has 0 aromatic heterocycles. The first kappa shape index (κ1) is 18.8. The van der Waals surface area contributed by atoms with Crippen molar-refractivity contribution < 1.29 is 15.0 Å². The molecule has 0 amide bonds. The third-order valence-electron chi connectivity index (χ3n) is 3.89. The molecule has 2 aromatic rings. The van der Waals surface area contributed by atoms with Crippen molar-refractivity contribution in [2.24, 2.45) is 0 Å². The molecule has 0 radical (unpaired) electrons. The van der Waals surface area contributed by atoms with Gasteiger partial charge in [-0.15, -0.1) is 12.4 Å². The van der Waals surface area contributed by atoms with E-state index in [1.807, 2.05) is 31.3 Å². The number of phenolic OH excluding ortho intramolecular Hbond substituents is 2. The fourth-order valence-corrected chi connectivity index (χ4v) is 2.84. The zero-order valence-electron chi connectivity index (χ0n) is 13.8. The van der Waals surface area contributed by atoms with Crippen LogP contribution in [0.1, 0.15) is 11.1 Å². The van der Waals surface area contributed by atoms with Crippen molar-refractivity contribution >= 4 is 30.3 Å². The molecule has 2 aromatic carbocycles. The Morgan fingerprint density at radius 2 is 1.32 bits per heavy atom. The summed E-state index contributed by atoms with van der Waals surface area (Å²) < 4.78 is 0. The minimum absolute atomic E-state index is 0. The van der Waals surface area contributed by atoms with Crippen molar-refractivity contribution in [3.63, 3.8) is 0 Å². The monoisotopic (exact) mass is 357 g/mol. The Bertz CT molecular complexity index is 775. The maximum absolute atomic E-state index is 12.8. The Kier molecular flexibility index (Phi) is 6.02. The van der Waals surface area contributed by atoms with Crippen molar-refractivity contribution in [3.05, 3.63) is 70.8 Å². The van der Waals surface area contributed by atoms with Crippen LogP contribution < -0.4 is 0 Å². The van der Waals surface area contributed by atoms with Crippen LogP contribution in [0.15, 0.2) is 59.7 Å². The molecule has 5 heteroatoms. The number of rotatable bonds is 2. The van der Waals surface area contributed by atoms with Gasteiger partial charge in [-0.2, -0.15) is 0 Å². The van der Waals surface area contributed by atoms with Gasteiger partial charge in [0.1, 0.15) is 11.5 Å². The molecule has 0 unspecified atom stereocenters. The Morgan fingerprint density at radius 3 is 1.72 bits per heavy atom. The molecule has 2 N–H and O–H groups in total. The normalized spacial score (nSPS) is 18.4. The zero-order chi connectivity index (χ0) is 17.1. The first-order valence-corrected chi connectivity index (χ1v) is 7.74. The molecule has 4 nitrogen and oxygen atoms in total. The van der Waals surface area contributed by atoms with E-state index in [0.717, 1.165) is 11.1 Å². The number of aromatic hydroxyl groups is 2. The van der Waals surface area contributed by atoms with Crippen LogP contribution in [0.2, 0.25) is 0 Å². The number of benzene rings is 2.